The highest BCUT2D eigenvalue weighted by atomic mass is 32.1. The van der Waals surface area contributed by atoms with Gasteiger partial charge >= 0.3 is 0 Å². The quantitative estimate of drug-likeness (QED) is 0.661. The van der Waals surface area contributed by atoms with Crippen molar-refractivity contribution in [3.05, 3.63) is 54.1 Å². The minimum absolute atomic E-state index is 0.132. The number of hydrazone groups is 1. The first kappa shape index (κ1) is 15.9. The molecule has 0 fully saturated rings. The minimum Gasteiger partial charge on any atom is -0.497 e. The summed E-state index contributed by atoms with van der Waals surface area (Å²) in [6.07, 6.45) is 0. The van der Waals surface area contributed by atoms with E-state index in [1.54, 1.807) is 25.1 Å². The summed E-state index contributed by atoms with van der Waals surface area (Å²) in [7, 11) is 3.40. The van der Waals surface area contributed by atoms with E-state index in [0.29, 0.717) is 16.5 Å². The number of nitrogens with one attached hydrogen (secondary N) is 2. The number of carbonyl (C=O) groups is 1. The first-order chi connectivity index (χ1) is 11.6. The molecule has 7 heteroatoms. The molecular weight excluding hydrogens is 324 g/mol. The van der Waals surface area contributed by atoms with E-state index in [2.05, 4.69) is 15.8 Å². The third-order valence-corrected chi connectivity index (χ3v) is 3.84. The first-order valence-corrected chi connectivity index (χ1v) is 7.67. The van der Waals surface area contributed by atoms with Gasteiger partial charge in [-0.25, -0.2) is 0 Å². The van der Waals surface area contributed by atoms with E-state index in [4.69, 9.17) is 17.0 Å². The Labute approximate surface area is 145 Å². The Morgan fingerprint density at radius 3 is 2.54 bits per heavy atom. The molecule has 1 heterocycles. The van der Waals surface area contributed by atoms with Crippen molar-refractivity contribution in [2.24, 2.45) is 5.10 Å². The number of likely N-dealkylation sites (N-methyl/N-ethyl adjacent to an activating group) is 1. The van der Waals surface area contributed by atoms with Crippen LogP contribution in [-0.4, -0.2) is 30.9 Å². The van der Waals surface area contributed by atoms with Crippen LogP contribution in [0.3, 0.4) is 0 Å². The standard InChI is InChI=1S/C17H16N4O2S/c1-21-14-6-4-3-5-13(14)15(22)16(21)19-20-17(24)18-11-7-9-12(23-2)10-8-11/h3-10H,1-2H3,(H2,18,20,24). The molecule has 0 radical (unpaired) electrons. The number of carbonyl (C=O) groups excluding carboxylic acids is 1. The summed E-state index contributed by atoms with van der Waals surface area (Å²) in [4.78, 5) is 14.1. The molecule has 2 aromatic rings. The highest BCUT2D eigenvalue weighted by molar-refractivity contribution is 7.80. The first-order valence-electron chi connectivity index (χ1n) is 7.26. The maximum absolute atomic E-state index is 12.4. The van der Waals surface area contributed by atoms with Gasteiger partial charge < -0.3 is 15.0 Å². The number of thiocarbonyl (C=S) groups is 1. The molecule has 0 aliphatic carbocycles. The zero-order valence-corrected chi connectivity index (χ0v) is 14.1. The molecule has 0 unspecified atom stereocenters. The molecular formula is C17H16N4O2S. The Bertz CT molecular complexity index is 818. The molecule has 6 nitrogen and oxygen atoms in total. The topological polar surface area (TPSA) is 66.0 Å². The minimum atomic E-state index is -0.132. The number of para-hydroxylation sites is 1. The average molecular weight is 340 g/mol. The van der Waals surface area contributed by atoms with Crippen LogP contribution in [0.5, 0.6) is 5.75 Å². The van der Waals surface area contributed by atoms with Gasteiger partial charge in [0.15, 0.2) is 5.11 Å². The van der Waals surface area contributed by atoms with Crippen molar-refractivity contribution in [3.63, 3.8) is 0 Å². The van der Waals surface area contributed by atoms with Crippen LogP contribution in [-0.2, 0) is 0 Å². The molecule has 122 valence electrons. The number of amidine groups is 1. The van der Waals surface area contributed by atoms with Crippen LogP contribution >= 0.6 is 12.2 Å². The second kappa shape index (κ2) is 6.67. The maximum Gasteiger partial charge on any atom is 0.232 e. The Morgan fingerprint density at radius 1 is 1.17 bits per heavy atom. The Morgan fingerprint density at radius 2 is 1.88 bits per heavy atom. The van der Waals surface area contributed by atoms with Crippen LogP contribution in [0.1, 0.15) is 10.4 Å². The van der Waals surface area contributed by atoms with Crippen molar-refractivity contribution in [1.29, 1.82) is 0 Å². The van der Waals surface area contributed by atoms with Gasteiger partial charge in [-0.2, -0.15) is 5.10 Å². The summed E-state index contributed by atoms with van der Waals surface area (Å²) < 4.78 is 5.10. The molecule has 1 aliphatic rings. The number of rotatable bonds is 3. The van der Waals surface area contributed by atoms with E-state index >= 15 is 0 Å². The highest BCUT2D eigenvalue weighted by Gasteiger charge is 2.31. The number of ether oxygens (including phenoxy) is 1. The predicted molar refractivity (Wildman–Crippen MR) is 99.0 cm³/mol. The van der Waals surface area contributed by atoms with Gasteiger partial charge in [0.2, 0.25) is 11.6 Å². The van der Waals surface area contributed by atoms with E-state index in [1.165, 1.54) is 0 Å². The number of Topliss-reactive ketones (excluding diaryl/α,β-unsaturated/α-hetero) is 1. The molecule has 2 N–H and O–H groups in total. The zero-order valence-electron chi connectivity index (χ0n) is 13.2. The Hall–Kier alpha value is -2.93. The number of ketones is 1. The van der Waals surface area contributed by atoms with Crippen molar-refractivity contribution in [1.82, 2.24) is 5.43 Å². The van der Waals surface area contributed by atoms with E-state index in [-0.39, 0.29) is 5.78 Å². The lowest BCUT2D eigenvalue weighted by Crippen LogP contribution is -2.32. The van der Waals surface area contributed by atoms with E-state index in [1.807, 2.05) is 42.5 Å². The van der Waals surface area contributed by atoms with Gasteiger partial charge in [-0.3, -0.25) is 10.2 Å². The van der Waals surface area contributed by atoms with Gasteiger partial charge in [-0.05, 0) is 48.6 Å². The third-order valence-electron chi connectivity index (χ3n) is 3.64. The summed E-state index contributed by atoms with van der Waals surface area (Å²) in [5.74, 6) is 0.929. The van der Waals surface area contributed by atoms with Gasteiger partial charge in [-0.15, -0.1) is 0 Å². The number of methoxy groups -OCH3 is 1. The lowest BCUT2D eigenvalue weighted by molar-refractivity contribution is 0.106. The van der Waals surface area contributed by atoms with E-state index in [0.717, 1.165) is 17.1 Å². The normalized spacial score (nSPS) is 14.5. The number of hydrogen-bond acceptors (Lipinski definition) is 4. The summed E-state index contributed by atoms with van der Waals surface area (Å²) in [6.45, 7) is 0. The molecule has 0 atom stereocenters. The Balaban J connectivity index is 1.67. The number of nitrogens with zero attached hydrogens (tertiary/aromatic N) is 2. The van der Waals surface area contributed by atoms with Gasteiger partial charge in [0.25, 0.3) is 0 Å². The van der Waals surface area contributed by atoms with Crippen LogP contribution in [0.4, 0.5) is 11.4 Å². The molecule has 2 aromatic carbocycles. The van der Waals surface area contributed by atoms with Gasteiger partial charge in [0.05, 0.1) is 12.8 Å². The fraction of sp³-hybridized carbons (Fsp3) is 0.118. The third kappa shape index (κ3) is 3.07. The molecule has 0 saturated heterocycles. The fourth-order valence-corrected chi connectivity index (χ4v) is 2.57. The summed E-state index contributed by atoms with van der Waals surface area (Å²) in [5, 5.41) is 7.44. The van der Waals surface area contributed by atoms with Crippen LogP contribution < -0.4 is 20.4 Å². The average Bonchev–Trinajstić information content (AvgIpc) is 2.85. The second-order valence-corrected chi connectivity index (χ2v) is 5.54. The Kier molecular flexibility index (Phi) is 4.43. The molecule has 0 saturated carbocycles. The number of fused-ring (bicyclic) bond motifs is 1. The summed E-state index contributed by atoms with van der Waals surface area (Å²) >= 11 is 5.21. The van der Waals surface area contributed by atoms with Crippen LogP contribution in [0.15, 0.2) is 53.6 Å². The molecule has 1 aliphatic heterocycles. The zero-order chi connectivity index (χ0) is 17.1. The lowest BCUT2D eigenvalue weighted by atomic mass is 10.1. The van der Waals surface area contributed by atoms with E-state index < -0.39 is 0 Å². The molecule has 0 aromatic heterocycles. The number of hydrogen-bond donors (Lipinski definition) is 2. The SMILES string of the molecule is COc1ccc(NC(=S)NN=C2C(=O)c3ccccc3N2C)cc1. The molecule has 0 spiro atoms. The summed E-state index contributed by atoms with van der Waals surface area (Å²) in [5.41, 5.74) is 4.97. The largest absolute Gasteiger partial charge is 0.497 e. The van der Waals surface area contributed by atoms with Crippen LogP contribution in [0.2, 0.25) is 0 Å². The fourth-order valence-electron chi connectivity index (χ4n) is 2.41. The van der Waals surface area contributed by atoms with Gasteiger partial charge in [0.1, 0.15) is 5.75 Å². The number of benzene rings is 2. The molecule has 3 rings (SSSR count). The van der Waals surface area contributed by atoms with Gasteiger partial charge in [-0.1, -0.05) is 12.1 Å². The highest BCUT2D eigenvalue weighted by Crippen LogP contribution is 2.27. The number of anilines is 2. The smallest absolute Gasteiger partial charge is 0.232 e. The lowest BCUT2D eigenvalue weighted by Gasteiger charge is -2.13. The maximum atomic E-state index is 12.4. The van der Waals surface area contributed by atoms with Crippen molar-refractivity contribution in [2.45, 2.75) is 0 Å². The van der Waals surface area contributed by atoms with Crippen molar-refractivity contribution >= 4 is 40.3 Å². The predicted octanol–water partition coefficient (Wildman–Crippen LogP) is 2.63. The van der Waals surface area contributed by atoms with Crippen LogP contribution in [0.25, 0.3) is 0 Å². The second-order valence-electron chi connectivity index (χ2n) is 5.14. The van der Waals surface area contributed by atoms with Gasteiger partial charge in [0, 0.05) is 18.3 Å². The van der Waals surface area contributed by atoms with E-state index in [9.17, 15) is 4.79 Å². The monoisotopic (exact) mass is 340 g/mol. The van der Waals surface area contributed by atoms with Crippen molar-refractivity contribution < 1.29 is 9.53 Å². The van der Waals surface area contributed by atoms with Crippen molar-refractivity contribution in [3.8, 4) is 5.75 Å². The molecule has 0 bridgehead atoms. The molecule has 0 amide bonds. The summed E-state index contributed by atoms with van der Waals surface area (Å²) in [6, 6.07) is 14.7. The van der Waals surface area contributed by atoms with Crippen molar-refractivity contribution in [2.75, 3.05) is 24.4 Å². The van der Waals surface area contributed by atoms with Crippen LogP contribution in [0, 0.1) is 0 Å². The molecule has 24 heavy (non-hydrogen) atoms.